The number of nitrogens with zero attached hydrogens (tertiary/aromatic N) is 1. The summed E-state index contributed by atoms with van der Waals surface area (Å²) in [4.78, 5) is 4.33. The van der Waals surface area contributed by atoms with Crippen LogP contribution < -0.4 is 4.74 Å². The number of methoxy groups -OCH3 is 1. The summed E-state index contributed by atoms with van der Waals surface area (Å²) in [6, 6.07) is 7.71. The Morgan fingerprint density at radius 3 is 2.41 bits per heavy atom. The van der Waals surface area contributed by atoms with Crippen molar-refractivity contribution in [2.24, 2.45) is 0 Å². The first-order valence-corrected chi connectivity index (χ1v) is 5.39. The number of hydrogen-bond acceptors (Lipinski definition) is 3. The van der Waals surface area contributed by atoms with Gasteiger partial charge in [-0.2, -0.15) is 0 Å². The van der Waals surface area contributed by atoms with Crippen LogP contribution in [0, 0.1) is 6.92 Å². The van der Waals surface area contributed by atoms with E-state index in [4.69, 9.17) is 9.15 Å². The molecule has 0 aliphatic heterocycles. The van der Waals surface area contributed by atoms with Crippen LogP contribution in [-0.4, -0.2) is 12.1 Å². The number of allylic oxidation sites excluding steroid dienone is 1. The second kappa shape index (κ2) is 4.45. The second-order valence-electron chi connectivity index (χ2n) is 3.94. The minimum atomic E-state index is 0.591. The molecule has 1 aromatic heterocycles. The first-order chi connectivity index (χ1) is 8.11. The zero-order valence-corrected chi connectivity index (χ0v) is 10.3. The minimum absolute atomic E-state index is 0.591. The van der Waals surface area contributed by atoms with Gasteiger partial charge in [0.05, 0.1) is 12.8 Å². The Bertz CT molecular complexity index is 538. The Morgan fingerprint density at radius 1 is 1.29 bits per heavy atom. The number of rotatable bonds is 3. The smallest absolute Gasteiger partial charge is 0.222 e. The van der Waals surface area contributed by atoms with E-state index in [9.17, 15) is 0 Å². The van der Waals surface area contributed by atoms with Gasteiger partial charge in [0.2, 0.25) is 5.89 Å². The van der Waals surface area contributed by atoms with Gasteiger partial charge in [0.25, 0.3) is 0 Å². The largest absolute Gasteiger partial charge is 0.497 e. The number of ether oxygens (including phenoxy) is 1. The van der Waals surface area contributed by atoms with Crippen molar-refractivity contribution in [3.63, 3.8) is 0 Å². The summed E-state index contributed by atoms with van der Waals surface area (Å²) in [6.07, 6.45) is 0. The van der Waals surface area contributed by atoms with E-state index in [1.807, 2.05) is 38.1 Å². The fourth-order valence-corrected chi connectivity index (χ4v) is 1.59. The molecular weight excluding hydrogens is 214 g/mol. The first-order valence-electron chi connectivity index (χ1n) is 5.39. The van der Waals surface area contributed by atoms with Gasteiger partial charge in [0.1, 0.15) is 5.75 Å². The molecule has 3 heteroatoms. The predicted molar refractivity (Wildman–Crippen MR) is 67.9 cm³/mol. The Labute approximate surface area is 101 Å². The van der Waals surface area contributed by atoms with E-state index >= 15 is 0 Å². The average Bonchev–Trinajstić information content (AvgIpc) is 2.72. The van der Waals surface area contributed by atoms with Crippen LogP contribution in [-0.2, 0) is 0 Å². The lowest BCUT2D eigenvalue weighted by molar-refractivity contribution is 0.415. The van der Waals surface area contributed by atoms with E-state index in [2.05, 4.69) is 11.6 Å². The molecule has 0 unspecified atom stereocenters. The van der Waals surface area contributed by atoms with Crippen LogP contribution in [0.25, 0.3) is 16.9 Å². The van der Waals surface area contributed by atoms with Gasteiger partial charge in [-0.1, -0.05) is 6.58 Å². The molecule has 0 fully saturated rings. The van der Waals surface area contributed by atoms with Crippen molar-refractivity contribution in [3.8, 4) is 17.1 Å². The molecule has 88 valence electrons. The summed E-state index contributed by atoms with van der Waals surface area (Å²) < 4.78 is 10.8. The van der Waals surface area contributed by atoms with Crippen LogP contribution in [0.15, 0.2) is 35.3 Å². The Balaban J connectivity index is 2.41. The first kappa shape index (κ1) is 11.5. The van der Waals surface area contributed by atoms with Crippen molar-refractivity contribution >= 4 is 5.57 Å². The zero-order valence-electron chi connectivity index (χ0n) is 10.3. The Morgan fingerprint density at radius 2 is 1.94 bits per heavy atom. The molecule has 0 spiro atoms. The van der Waals surface area contributed by atoms with Gasteiger partial charge in [-0.3, -0.25) is 0 Å². The maximum Gasteiger partial charge on any atom is 0.222 e. The van der Waals surface area contributed by atoms with Gasteiger partial charge in [-0.15, -0.1) is 0 Å². The zero-order chi connectivity index (χ0) is 12.4. The highest BCUT2D eigenvalue weighted by atomic mass is 16.5. The lowest BCUT2D eigenvalue weighted by Crippen LogP contribution is -1.83. The molecular formula is C14H15NO2. The SMILES string of the molecule is C=C(C)c1nc(C)c(-c2ccc(OC)cc2)o1. The van der Waals surface area contributed by atoms with E-state index in [1.165, 1.54) is 0 Å². The summed E-state index contributed by atoms with van der Waals surface area (Å²) in [5, 5.41) is 0. The molecule has 0 saturated carbocycles. The van der Waals surface area contributed by atoms with Gasteiger partial charge < -0.3 is 9.15 Å². The van der Waals surface area contributed by atoms with Crippen LogP contribution in [0.5, 0.6) is 5.75 Å². The van der Waals surface area contributed by atoms with Crippen molar-refractivity contribution < 1.29 is 9.15 Å². The maximum atomic E-state index is 5.68. The lowest BCUT2D eigenvalue weighted by Gasteiger charge is -2.01. The number of benzene rings is 1. The van der Waals surface area contributed by atoms with Crippen LogP contribution >= 0.6 is 0 Å². The third kappa shape index (κ3) is 2.23. The Kier molecular flexibility index (Phi) is 3.00. The van der Waals surface area contributed by atoms with Crippen LogP contribution in [0.2, 0.25) is 0 Å². The third-order valence-corrected chi connectivity index (χ3v) is 2.51. The molecule has 0 bridgehead atoms. The monoisotopic (exact) mass is 229 g/mol. The highest BCUT2D eigenvalue weighted by Gasteiger charge is 2.11. The summed E-state index contributed by atoms with van der Waals surface area (Å²) >= 11 is 0. The molecule has 0 aliphatic carbocycles. The van der Waals surface area contributed by atoms with Crippen molar-refractivity contribution in [1.82, 2.24) is 4.98 Å². The molecule has 2 rings (SSSR count). The van der Waals surface area contributed by atoms with E-state index < -0.39 is 0 Å². The highest BCUT2D eigenvalue weighted by Crippen LogP contribution is 2.28. The molecule has 1 heterocycles. The van der Waals surface area contributed by atoms with E-state index in [0.29, 0.717) is 5.89 Å². The summed E-state index contributed by atoms with van der Waals surface area (Å²) in [7, 11) is 1.65. The van der Waals surface area contributed by atoms with Crippen LogP contribution in [0.3, 0.4) is 0 Å². The summed E-state index contributed by atoms with van der Waals surface area (Å²) in [5.74, 6) is 2.20. The number of hydrogen-bond donors (Lipinski definition) is 0. The van der Waals surface area contributed by atoms with Gasteiger partial charge in [0, 0.05) is 11.1 Å². The number of oxazole rings is 1. The molecule has 0 aliphatic rings. The van der Waals surface area contributed by atoms with Crippen molar-refractivity contribution in [2.45, 2.75) is 13.8 Å². The molecule has 1 aromatic carbocycles. The van der Waals surface area contributed by atoms with Crippen molar-refractivity contribution in [2.75, 3.05) is 7.11 Å². The number of aromatic nitrogens is 1. The fourth-order valence-electron chi connectivity index (χ4n) is 1.59. The number of aryl methyl sites for hydroxylation is 1. The van der Waals surface area contributed by atoms with Gasteiger partial charge in [-0.05, 0) is 38.1 Å². The molecule has 3 nitrogen and oxygen atoms in total. The highest BCUT2D eigenvalue weighted by molar-refractivity contribution is 5.63. The minimum Gasteiger partial charge on any atom is -0.497 e. The second-order valence-corrected chi connectivity index (χ2v) is 3.94. The van der Waals surface area contributed by atoms with Crippen LogP contribution in [0.1, 0.15) is 18.5 Å². The average molecular weight is 229 g/mol. The van der Waals surface area contributed by atoms with Crippen molar-refractivity contribution in [3.05, 3.63) is 42.4 Å². The quantitative estimate of drug-likeness (QED) is 0.805. The molecule has 0 amide bonds. The van der Waals surface area contributed by atoms with Gasteiger partial charge in [-0.25, -0.2) is 4.98 Å². The summed E-state index contributed by atoms with van der Waals surface area (Å²) in [5.41, 5.74) is 2.68. The molecule has 0 N–H and O–H groups in total. The Hall–Kier alpha value is -2.03. The molecule has 0 saturated heterocycles. The lowest BCUT2D eigenvalue weighted by atomic mass is 10.1. The summed E-state index contributed by atoms with van der Waals surface area (Å²) in [6.45, 7) is 7.63. The van der Waals surface area contributed by atoms with E-state index in [-0.39, 0.29) is 0 Å². The molecule has 2 aromatic rings. The normalized spacial score (nSPS) is 10.3. The van der Waals surface area contributed by atoms with E-state index in [1.54, 1.807) is 7.11 Å². The van der Waals surface area contributed by atoms with E-state index in [0.717, 1.165) is 28.3 Å². The van der Waals surface area contributed by atoms with Crippen molar-refractivity contribution in [1.29, 1.82) is 0 Å². The maximum absolute atomic E-state index is 5.68. The third-order valence-electron chi connectivity index (χ3n) is 2.51. The molecule has 0 radical (unpaired) electrons. The molecule has 17 heavy (non-hydrogen) atoms. The van der Waals surface area contributed by atoms with Crippen LogP contribution in [0.4, 0.5) is 0 Å². The predicted octanol–water partition coefficient (Wildman–Crippen LogP) is 3.69. The van der Waals surface area contributed by atoms with Gasteiger partial charge in [0.15, 0.2) is 5.76 Å². The van der Waals surface area contributed by atoms with Gasteiger partial charge >= 0.3 is 0 Å². The molecule has 0 atom stereocenters. The topological polar surface area (TPSA) is 35.3 Å². The fraction of sp³-hybridized carbons (Fsp3) is 0.214. The standard InChI is InChI=1S/C14H15NO2/c1-9(2)14-15-10(3)13(17-14)11-5-7-12(16-4)8-6-11/h5-8H,1H2,2-4H3.